The van der Waals surface area contributed by atoms with E-state index in [1.807, 2.05) is 24.3 Å². The fraction of sp³-hybridized carbons (Fsp3) is 0.208. The molecule has 0 unspecified atom stereocenters. The van der Waals surface area contributed by atoms with Crippen LogP contribution < -0.4 is 5.32 Å². The maximum Gasteiger partial charge on any atom is 0.337 e. The van der Waals surface area contributed by atoms with E-state index < -0.39 is 0 Å². The number of ether oxygens (including phenoxy) is 1. The molecule has 136 valence electrons. The summed E-state index contributed by atoms with van der Waals surface area (Å²) in [6, 6.07) is 25.2. The summed E-state index contributed by atoms with van der Waals surface area (Å²) in [5.41, 5.74) is 7.25. The standard InChI is InChI=1S/C24H23NO2/c1-27-24(26)20-12-10-17(11-13-20)16-25-23-21-8-4-2-6-18(21)14-15-19-7-3-5-9-22(19)23/h2-13,23,25H,14-16H2,1H3. The number of hydrogen-bond donors (Lipinski definition) is 1. The van der Waals surface area contributed by atoms with Crippen molar-refractivity contribution in [3.63, 3.8) is 0 Å². The van der Waals surface area contributed by atoms with Gasteiger partial charge in [-0.3, -0.25) is 0 Å². The van der Waals surface area contributed by atoms with E-state index in [0.717, 1.165) is 24.9 Å². The number of fused-ring (bicyclic) bond motifs is 2. The van der Waals surface area contributed by atoms with Gasteiger partial charge in [-0.15, -0.1) is 0 Å². The number of aryl methyl sites for hydroxylation is 2. The van der Waals surface area contributed by atoms with Gasteiger partial charge in [-0.1, -0.05) is 60.7 Å². The van der Waals surface area contributed by atoms with Crippen LogP contribution >= 0.6 is 0 Å². The molecule has 3 aromatic rings. The molecule has 3 nitrogen and oxygen atoms in total. The highest BCUT2D eigenvalue weighted by Gasteiger charge is 2.22. The Morgan fingerprint density at radius 3 is 2.00 bits per heavy atom. The number of esters is 1. The number of methoxy groups -OCH3 is 1. The van der Waals surface area contributed by atoms with Crippen molar-refractivity contribution in [2.24, 2.45) is 0 Å². The molecule has 0 heterocycles. The molecule has 1 N–H and O–H groups in total. The monoisotopic (exact) mass is 357 g/mol. The van der Waals surface area contributed by atoms with Crippen LogP contribution in [-0.4, -0.2) is 13.1 Å². The van der Waals surface area contributed by atoms with Crippen LogP contribution in [0.25, 0.3) is 0 Å². The van der Waals surface area contributed by atoms with Gasteiger partial charge in [0.15, 0.2) is 0 Å². The zero-order valence-corrected chi connectivity index (χ0v) is 15.4. The van der Waals surface area contributed by atoms with Gasteiger partial charge < -0.3 is 10.1 Å². The van der Waals surface area contributed by atoms with E-state index in [9.17, 15) is 4.79 Å². The summed E-state index contributed by atoms with van der Waals surface area (Å²) >= 11 is 0. The Kier molecular flexibility index (Phi) is 5.03. The van der Waals surface area contributed by atoms with Crippen LogP contribution in [0.1, 0.15) is 44.2 Å². The van der Waals surface area contributed by atoms with Crippen LogP contribution in [0.5, 0.6) is 0 Å². The first kappa shape index (κ1) is 17.5. The van der Waals surface area contributed by atoms with E-state index in [1.165, 1.54) is 29.4 Å². The lowest BCUT2D eigenvalue weighted by Gasteiger charge is -2.22. The van der Waals surface area contributed by atoms with Gasteiger partial charge in [0.25, 0.3) is 0 Å². The Morgan fingerprint density at radius 2 is 1.44 bits per heavy atom. The van der Waals surface area contributed by atoms with E-state index in [2.05, 4.69) is 53.8 Å². The first-order chi connectivity index (χ1) is 13.3. The highest BCUT2D eigenvalue weighted by atomic mass is 16.5. The minimum Gasteiger partial charge on any atom is -0.465 e. The van der Waals surface area contributed by atoms with Gasteiger partial charge >= 0.3 is 5.97 Å². The maximum absolute atomic E-state index is 11.6. The summed E-state index contributed by atoms with van der Waals surface area (Å²) in [4.78, 5) is 11.6. The summed E-state index contributed by atoms with van der Waals surface area (Å²) in [6.07, 6.45) is 2.14. The average molecular weight is 357 g/mol. The molecule has 1 aliphatic carbocycles. The van der Waals surface area contributed by atoms with Crippen LogP contribution in [0.2, 0.25) is 0 Å². The second kappa shape index (κ2) is 7.77. The van der Waals surface area contributed by atoms with Crippen molar-refractivity contribution in [1.82, 2.24) is 5.32 Å². The van der Waals surface area contributed by atoms with Crippen LogP contribution in [-0.2, 0) is 24.1 Å². The predicted octanol–water partition coefficient (Wildman–Crippen LogP) is 4.45. The normalized spacial score (nSPS) is 13.4. The van der Waals surface area contributed by atoms with Crippen LogP contribution in [0, 0.1) is 0 Å². The van der Waals surface area contributed by atoms with Crippen LogP contribution in [0.4, 0.5) is 0 Å². The molecule has 0 saturated carbocycles. The van der Waals surface area contributed by atoms with E-state index in [-0.39, 0.29) is 12.0 Å². The fourth-order valence-corrected chi connectivity index (χ4v) is 3.84. The van der Waals surface area contributed by atoms with Gasteiger partial charge in [0.2, 0.25) is 0 Å². The van der Waals surface area contributed by atoms with Gasteiger partial charge in [0, 0.05) is 6.54 Å². The first-order valence-corrected chi connectivity index (χ1v) is 9.32. The largest absolute Gasteiger partial charge is 0.465 e. The Balaban J connectivity index is 1.60. The second-order valence-electron chi connectivity index (χ2n) is 6.90. The topological polar surface area (TPSA) is 38.3 Å². The number of carbonyl (C=O) groups excluding carboxylic acids is 1. The van der Waals surface area contributed by atoms with Gasteiger partial charge in [-0.05, 0) is 52.8 Å². The molecule has 0 spiro atoms. The summed E-state index contributed by atoms with van der Waals surface area (Å²) in [5, 5.41) is 3.74. The highest BCUT2D eigenvalue weighted by Crippen LogP contribution is 2.32. The van der Waals surface area contributed by atoms with Crippen molar-refractivity contribution in [1.29, 1.82) is 0 Å². The van der Waals surface area contributed by atoms with Crippen molar-refractivity contribution in [2.45, 2.75) is 25.4 Å². The minimum absolute atomic E-state index is 0.167. The Labute approximate surface area is 160 Å². The molecule has 3 heteroatoms. The van der Waals surface area contributed by atoms with E-state index in [0.29, 0.717) is 5.56 Å². The summed E-state index contributed by atoms with van der Waals surface area (Å²) in [7, 11) is 1.40. The van der Waals surface area contributed by atoms with Crippen LogP contribution in [0.15, 0.2) is 72.8 Å². The zero-order chi connectivity index (χ0) is 18.6. The van der Waals surface area contributed by atoms with Gasteiger partial charge in [-0.2, -0.15) is 0 Å². The zero-order valence-electron chi connectivity index (χ0n) is 15.4. The van der Waals surface area contributed by atoms with Crippen molar-refractivity contribution in [2.75, 3.05) is 7.11 Å². The van der Waals surface area contributed by atoms with E-state index in [1.54, 1.807) is 0 Å². The second-order valence-corrected chi connectivity index (χ2v) is 6.90. The van der Waals surface area contributed by atoms with E-state index in [4.69, 9.17) is 4.74 Å². The van der Waals surface area contributed by atoms with Crippen molar-refractivity contribution < 1.29 is 9.53 Å². The Morgan fingerprint density at radius 1 is 0.889 bits per heavy atom. The SMILES string of the molecule is COC(=O)c1ccc(CNC2c3ccccc3CCc3ccccc32)cc1. The Hall–Kier alpha value is -2.91. The van der Waals surface area contributed by atoms with Gasteiger partial charge in [0.1, 0.15) is 0 Å². The quantitative estimate of drug-likeness (QED) is 0.701. The van der Waals surface area contributed by atoms with Gasteiger partial charge in [-0.25, -0.2) is 4.79 Å². The maximum atomic E-state index is 11.6. The number of rotatable bonds is 4. The molecule has 0 saturated heterocycles. The summed E-state index contributed by atoms with van der Waals surface area (Å²) in [5.74, 6) is -0.305. The molecular weight excluding hydrogens is 334 g/mol. The summed E-state index contributed by atoms with van der Waals surface area (Å²) in [6.45, 7) is 0.731. The Bertz CT molecular complexity index is 899. The molecule has 27 heavy (non-hydrogen) atoms. The predicted molar refractivity (Wildman–Crippen MR) is 107 cm³/mol. The summed E-state index contributed by atoms with van der Waals surface area (Å²) < 4.78 is 4.77. The number of nitrogens with one attached hydrogen (secondary N) is 1. The molecule has 0 aliphatic heterocycles. The van der Waals surface area contributed by atoms with Crippen molar-refractivity contribution >= 4 is 5.97 Å². The average Bonchev–Trinajstić information content (AvgIpc) is 2.89. The third-order valence-electron chi connectivity index (χ3n) is 5.28. The molecule has 0 atom stereocenters. The van der Waals surface area contributed by atoms with Crippen molar-refractivity contribution in [3.05, 3.63) is 106 Å². The first-order valence-electron chi connectivity index (χ1n) is 9.32. The fourth-order valence-electron chi connectivity index (χ4n) is 3.84. The minimum atomic E-state index is -0.305. The molecule has 4 rings (SSSR count). The van der Waals surface area contributed by atoms with Crippen LogP contribution in [0.3, 0.4) is 0 Å². The highest BCUT2D eigenvalue weighted by molar-refractivity contribution is 5.89. The smallest absolute Gasteiger partial charge is 0.337 e. The number of benzene rings is 3. The third-order valence-corrected chi connectivity index (χ3v) is 5.28. The number of hydrogen-bond acceptors (Lipinski definition) is 3. The lowest BCUT2D eigenvalue weighted by Crippen LogP contribution is -2.23. The molecule has 3 aromatic carbocycles. The molecular formula is C24H23NO2. The third kappa shape index (κ3) is 3.64. The molecule has 0 fully saturated rings. The lowest BCUT2D eigenvalue weighted by molar-refractivity contribution is 0.0600. The van der Waals surface area contributed by atoms with Crippen molar-refractivity contribution in [3.8, 4) is 0 Å². The van der Waals surface area contributed by atoms with E-state index >= 15 is 0 Å². The molecule has 0 amide bonds. The number of carbonyl (C=O) groups is 1. The van der Waals surface area contributed by atoms with Gasteiger partial charge in [0.05, 0.1) is 18.7 Å². The molecule has 0 aromatic heterocycles. The lowest BCUT2D eigenvalue weighted by atomic mass is 9.94. The molecule has 1 aliphatic rings. The molecule has 0 bridgehead atoms. The molecule has 0 radical (unpaired) electrons.